The summed E-state index contributed by atoms with van der Waals surface area (Å²) in [6.45, 7) is 6.25. The molecule has 3 unspecified atom stereocenters. The molecule has 2 aromatic rings. The first-order valence-corrected chi connectivity index (χ1v) is 13.4. The number of hydrogen-bond donors (Lipinski definition) is 1. The number of piperidine rings is 1. The van der Waals surface area contributed by atoms with E-state index in [1.165, 1.54) is 0 Å². The van der Waals surface area contributed by atoms with Gasteiger partial charge in [-0.2, -0.15) is 0 Å². The van der Waals surface area contributed by atoms with Crippen molar-refractivity contribution in [1.82, 2.24) is 25.0 Å². The molecule has 5 rings (SSSR count). The Hall–Kier alpha value is -2.35. The maximum atomic E-state index is 14.2. The van der Waals surface area contributed by atoms with Gasteiger partial charge in [-0.1, -0.05) is 44.2 Å². The van der Waals surface area contributed by atoms with E-state index in [2.05, 4.69) is 25.0 Å². The van der Waals surface area contributed by atoms with Crippen LogP contribution in [0.5, 0.6) is 0 Å². The minimum absolute atomic E-state index is 0.201. The van der Waals surface area contributed by atoms with Crippen molar-refractivity contribution in [1.29, 1.82) is 0 Å². The number of nitrogens with zero attached hydrogens (tertiary/aromatic N) is 4. The number of alkyl halides is 2. The van der Waals surface area contributed by atoms with Gasteiger partial charge in [0, 0.05) is 56.2 Å². The fourth-order valence-corrected chi connectivity index (χ4v) is 6.33. The first-order chi connectivity index (χ1) is 19.5. The van der Waals surface area contributed by atoms with Crippen molar-refractivity contribution in [2.45, 2.75) is 114 Å². The number of benzene rings is 1. The Morgan fingerprint density at radius 2 is 1.78 bits per heavy atom. The van der Waals surface area contributed by atoms with Gasteiger partial charge in [-0.05, 0) is 57.3 Å². The third-order valence-electron chi connectivity index (χ3n) is 8.12. The molecule has 1 aromatic heterocycles. The molecule has 1 N–H and O–H groups in total. The van der Waals surface area contributed by atoms with Crippen molar-refractivity contribution < 1.29 is 20.4 Å². The zero-order valence-electron chi connectivity index (χ0n) is 26.9. The molecule has 2 saturated heterocycles. The molecule has 8 heteroatoms. The highest BCUT2D eigenvalue weighted by molar-refractivity contribution is 5.79. The van der Waals surface area contributed by atoms with Gasteiger partial charge in [0.2, 0.25) is 11.8 Å². The second kappa shape index (κ2) is 10.8. The summed E-state index contributed by atoms with van der Waals surface area (Å²) in [4.78, 5) is 15.9. The number of hydrogen-bond acceptors (Lipinski definition) is 4. The Bertz CT molecular complexity index is 1250. The molecule has 202 valence electrons. The average molecular weight is 519 g/mol. The van der Waals surface area contributed by atoms with Crippen LogP contribution in [0.15, 0.2) is 30.3 Å². The predicted molar refractivity (Wildman–Crippen MR) is 139 cm³/mol. The highest BCUT2D eigenvalue weighted by Gasteiger charge is 2.42. The van der Waals surface area contributed by atoms with Crippen molar-refractivity contribution in [3.63, 3.8) is 0 Å². The number of amides is 1. The summed E-state index contributed by atoms with van der Waals surface area (Å²) in [5.74, 6) is -5.61. The summed E-state index contributed by atoms with van der Waals surface area (Å²) < 4.78 is 71.8. The van der Waals surface area contributed by atoms with E-state index in [0.717, 1.165) is 37.1 Å². The van der Waals surface area contributed by atoms with E-state index in [-0.39, 0.29) is 6.04 Å². The van der Waals surface area contributed by atoms with Crippen LogP contribution in [0.4, 0.5) is 8.78 Å². The van der Waals surface area contributed by atoms with E-state index in [0.29, 0.717) is 30.9 Å². The normalized spacial score (nSPS) is 31.9. The van der Waals surface area contributed by atoms with E-state index < -0.39 is 55.3 Å². The Balaban J connectivity index is 1.31. The van der Waals surface area contributed by atoms with Crippen LogP contribution >= 0.6 is 0 Å². The van der Waals surface area contributed by atoms with Crippen LogP contribution in [0.3, 0.4) is 0 Å². The number of carbonyl (C=O) groups is 1. The summed E-state index contributed by atoms with van der Waals surface area (Å²) in [6.07, 6.45) is -3.35. The van der Waals surface area contributed by atoms with Gasteiger partial charge in [0.05, 0.1) is 6.04 Å². The Kier molecular flexibility index (Phi) is 6.01. The Morgan fingerprint density at radius 3 is 2.41 bits per heavy atom. The third-order valence-corrected chi connectivity index (χ3v) is 8.12. The van der Waals surface area contributed by atoms with Crippen LogP contribution < -0.4 is 5.32 Å². The predicted octanol–water partition coefficient (Wildman–Crippen LogP) is 5.95. The third kappa shape index (κ3) is 5.74. The lowest BCUT2D eigenvalue weighted by atomic mass is 9.86. The van der Waals surface area contributed by atoms with Gasteiger partial charge in [-0.15, -0.1) is 10.2 Å². The molecule has 1 aliphatic carbocycles. The lowest BCUT2D eigenvalue weighted by Crippen LogP contribution is -2.45. The number of nitrogens with one attached hydrogen (secondary N) is 1. The largest absolute Gasteiger partial charge is 0.349 e. The minimum atomic E-state index is -3.52. The van der Waals surface area contributed by atoms with Gasteiger partial charge in [-0.3, -0.25) is 9.69 Å². The zero-order chi connectivity index (χ0) is 30.7. The number of aromatic nitrogens is 3. The SMILES string of the molecule is [2H]C(C)(C)c1nnc(C)n1C1CC2CCC(C1)N2CCC(NC(=O)C1C([2H])([2H])CC(F)(F)CC1([2H])[2H])c1ccccc1. The van der Waals surface area contributed by atoms with E-state index in [4.69, 9.17) is 6.85 Å². The topological polar surface area (TPSA) is 63.1 Å². The quantitative estimate of drug-likeness (QED) is 0.469. The van der Waals surface area contributed by atoms with Gasteiger partial charge in [0.25, 0.3) is 0 Å². The molecule has 3 atom stereocenters. The smallest absolute Gasteiger partial charge is 0.248 e. The first-order valence-electron chi connectivity index (χ1n) is 15.9. The fourth-order valence-electron chi connectivity index (χ4n) is 6.33. The van der Waals surface area contributed by atoms with E-state index >= 15 is 0 Å². The number of fused-ring (bicyclic) bond motifs is 2. The molecule has 2 aliphatic heterocycles. The van der Waals surface area contributed by atoms with Crippen molar-refractivity contribution in [2.75, 3.05) is 6.54 Å². The summed E-state index contributed by atoms with van der Waals surface area (Å²) in [5, 5.41) is 11.5. The number of halogens is 2. The van der Waals surface area contributed by atoms with Crippen LogP contribution in [0.2, 0.25) is 0 Å². The van der Waals surface area contributed by atoms with Crippen LogP contribution in [-0.4, -0.2) is 50.1 Å². The zero-order valence-corrected chi connectivity index (χ0v) is 21.9. The summed E-state index contributed by atoms with van der Waals surface area (Å²) in [5.41, 5.74) is 0.803. The highest BCUT2D eigenvalue weighted by atomic mass is 19.3. The van der Waals surface area contributed by atoms with Gasteiger partial charge < -0.3 is 9.88 Å². The number of aryl methyl sites for hydroxylation is 1. The van der Waals surface area contributed by atoms with Crippen LogP contribution in [-0.2, 0) is 4.79 Å². The van der Waals surface area contributed by atoms with Crippen molar-refractivity contribution in [3.8, 4) is 0 Å². The summed E-state index contributed by atoms with van der Waals surface area (Å²) in [6, 6.07) is 9.57. The van der Waals surface area contributed by atoms with Gasteiger partial charge in [0.1, 0.15) is 11.6 Å². The Labute approximate surface area is 226 Å². The minimum Gasteiger partial charge on any atom is -0.349 e. The molecule has 3 aliphatic rings. The van der Waals surface area contributed by atoms with Crippen LogP contribution in [0, 0.1) is 12.8 Å². The van der Waals surface area contributed by atoms with Gasteiger partial charge in [-0.25, -0.2) is 8.78 Å². The monoisotopic (exact) mass is 518 g/mol. The lowest BCUT2D eigenvalue weighted by Gasteiger charge is -2.40. The number of rotatable bonds is 8. The fraction of sp³-hybridized carbons (Fsp3) is 0.690. The van der Waals surface area contributed by atoms with E-state index in [9.17, 15) is 13.6 Å². The molecular weight excluding hydrogens is 472 g/mol. The molecule has 1 aromatic carbocycles. The molecule has 1 saturated carbocycles. The lowest BCUT2D eigenvalue weighted by molar-refractivity contribution is -0.130. The van der Waals surface area contributed by atoms with Crippen LogP contribution in [0.25, 0.3) is 0 Å². The molecule has 3 heterocycles. The maximum Gasteiger partial charge on any atom is 0.248 e. The Morgan fingerprint density at radius 1 is 1.14 bits per heavy atom. The van der Waals surface area contributed by atoms with Crippen molar-refractivity contribution in [2.24, 2.45) is 5.92 Å². The molecule has 6 nitrogen and oxygen atoms in total. The second-order valence-electron chi connectivity index (χ2n) is 11.0. The maximum absolute atomic E-state index is 14.2. The molecule has 3 fully saturated rings. The number of carbonyl (C=O) groups excluding carboxylic acids is 1. The summed E-state index contributed by atoms with van der Waals surface area (Å²) >= 11 is 0. The van der Waals surface area contributed by atoms with Gasteiger partial charge in [0.15, 0.2) is 0 Å². The van der Waals surface area contributed by atoms with Gasteiger partial charge >= 0.3 is 0 Å². The molecule has 2 bridgehead atoms. The molecule has 0 radical (unpaired) electrons. The molecule has 0 spiro atoms. The highest BCUT2D eigenvalue weighted by Crippen LogP contribution is 2.42. The molecule has 1 amide bonds. The average Bonchev–Trinajstić information content (AvgIpc) is 3.35. The van der Waals surface area contributed by atoms with E-state index in [1.807, 2.05) is 51.1 Å². The van der Waals surface area contributed by atoms with Crippen LogP contribution in [0.1, 0.15) is 114 Å². The molecule has 37 heavy (non-hydrogen) atoms. The first kappa shape index (κ1) is 20.6. The standard InChI is InChI=1S/C29H41F2N5O/c1-19(2)27-34-33-20(3)36(27)25-17-23-9-10-24(18-25)35(23)16-13-26(21-7-5-4-6-8-21)32-28(37)22-11-14-29(30,31)15-12-22/h4-8,19,22-26H,9-18H2,1-3H3,(H,32,37)/i11D2,12D2,19D. The molecular formula is C29H41F2N5O. The summed E-state index contributed by atoms with van der Waals surface area (Å²) in [7, 11) is 0. The second-order valence-corrected chi connectivity index (χ2v) is 11.0. The van der Waals surface area contributed by atoms with E-state index in [1.54, 1.807) is 0 Å². The van der Waals surface area contributed by atoms with Crippen molar-refractivity contribution >= 4 is 5.91 Å². The van der Waals surface area contributed by atoms with Crippen molar-refractivity contribution in [3.05, 3.63) is 47.5 Å².